The minimum atomic E-state index is -0.894. The van der Waals surface area contributed by atoms with E-state index in [1.54, 1.807) is 78.2 Å². The fourth-order valence-electron chi connectivity index (χ4n) is 8.05. The van der Waals surface area contributed by atoms with Gasteiger partial charge in [0.25, 0.3) is 0 Å². The van der Waals surface area contributed by atoms with Crippen molar-refractivity contribution in [2.45, 2.75) is 65.2 Å². The molecule has 2 aromatic carbocycles. The van der Waals surface area contributed by atoms with Gasteiger partial charge < -0.3 is 35.8 Å². The Labute approximate surface area is 470 Å². The Balaban J connectivity index is 0.000000183. The summed E-state index contributed by atoms with van der Waals surface area (Å²) in [5, 5.41) is 30.6. The number of ether oxygens (including phenoxy) is 2. The smallest absolute Gasteiger partial charge is 0.307 e. The summed E-state index contributed by atoms with van der Waals surface area (Å²) in [7, 11) is 0. The van der Waals surface area contributed by atoms with Crippen LogP contribution in [0.15, 0.2) is 110 Å². The number of carboxylic acids is 1. The van der Waals surface area contributed by atoms with Gasteiger partial charge in [0, 0.05) is 23.0 Å². The average molecular weight is 1160 g/mol. The van der Waals surface area contributed by atoms with Crippen molar-refractivity contribution in [2.75, 3.05) is 24.3 Å². The van der Waals surface area contributed by atoms with Gasteiger partial charge in [0.05, 0.1) is 73.6 Å². The SMILES string of the molecule is Cc1cc(F)cnc1Cl.Cc1cc(F)cnc1N.Cc1ncc(OC[C@@]2(c3cccc(F)c3)C[C@H]2C(=O)Nc2ncc(F)cc2O)c(C)n1.Cc1ncc(OC[C@@]2(c3cccc(F)c3)C[C@H]2C(=O)O)c(C)n1.Oc1cc(F)cnc1Cl. The number of aromatic hydroxyl groups is 2. The van der Waals surface area contributed by atoms with Gasteiger partial charge in [-0.05, 0) is 113 Å². The predicted molar refractivity (Wildman–Crippen MR) is 287 cm³/mol. The first-order valence-corrected chi connectivity index (χ1v) is 25.0. The predicted octanol–water partition coefficient (Wildman–Crippen LogP) is 11.0. The molecule has 2 saturated carbocycles. The molecule has 2 aliphatic carbocycles. The molecule has 0 radical (unpaired) electrons. The molecule has 81 heavy (non-hydrogen) atoms. The van der Waals surface area contributed by atoms with Gasteiger partial charge in [-0.1, -0.05) is 47.5 Å². The van der Waals surface area contributed by atoms with E-state index in [-0.39, 0.29) is 47.4 Å². The number of pyridine rings is 4. The number of nitrogens with one attached hydrogen (secondary N) is 1. The number of hydrogen-bond donors (Lipinski definition) is 5. The van der Waals surface area contributed by atoms with E-state index in [4.69, 9.17) is 43.5 Å². The van der Waals surface area contributed by atoms with Gasteiger partial charge in [0.15, 0.2) is 34.0 Å². The number of carbonyl (C=O) groups excluding carboxylic acids is 1. The Hall–Kier alpha value is -8.70. The van der Waals surface area contributed by atoms with Gasteiger partial charge in [0.1, 0.15) is 57.5 Å². The van der Waals surface area contributed by atoms with Crippen LogP contribution in [-0.4, -0.2) is 80.3 Å². The molecule has 0 spiro atoms. The fraction of sp³-hybridized carbons (Fsp3) is 0.250. The van der Waals surface area contributed by atoms with Crippen LogP contribution in [0.25, 0.3) is 0 Å². The van der Waals surface area contributed by atoms with Crippen LogP contribution in [0, 0.1) is 88.3 Å². The zero-order chi connectivity index (χ0) is 59.3. The molecule has 424 valence electrons. The molecule has 0 bridgehead atoms. The number of hydrogen-bond acceptors (Lipinski definition) is 15. The maximum Gasteiger partial charge on any atom is 0.307 e. The third kappa shape index (κ3) is 16.7. The molecule has 4 atom stereocenters. The van der Waals surface area contributed by atoms with Crippen molar-refractivity contribution in [3.8, 4) is 23.0 Å². The van der Waals surface area contributed by atoms with E-state index in [2.05, 4.69) is 45.2 Å². The summed E-state index contributed by atoms with van der Waals surface area (Å²) in [6.45, 7) is 10.8. The summed E-state index contributed by atoms with van der Waals surface area (Å²) in [6, 6.07) is 16.5. The van der Waals surface area contributed by atoms with Crippen LogP contribution < -0.4 is 20.5 Å². The lowest BCUT2D eigenvalue weighted by Crippen LogP contribution is -2.27. The molecule has 6 aromatic heterocycles. The minimum absolute atomic E-state index is 0.0867. The molecule has 2 aliphatic rings. The van der Waals surface area contributed by atoms with Crippen LogP contribution in [0.3, 0.4) is 0 Å². The van der Waals surface area contributed by atoms with Crippen molar-refractivity contribution in [1.29, 1.82) is 0 Å². The van der Waals surface area contributed by atoms with Gasteiger partial charge >= 0.3 is 5.97 Å². The van der Waals surface area contributed by atoms with Crippen LogP contribution in [0.4, 0.5) is 38.0 Å². The van der Waals surface area contributed by atoms with Crippen molar-refractivity contribution < 1.29 is 60.7 Å². The lowest BCUT2D eigenvalue weighted by Gasteiger charge is -2.20. The summed E-state index contributed by atoms with van der Waals surface area (Å²) < 4.78 is 88.8. The summed E-state index contributed by atoms with van der Waals surface area (Å²) in [5.74, 6) is -3.61. The van der Waals surface area contributed by atoms with E-state index >= 15 is 0 Å². The molecular weight excluding hydrogens is 1110 g/mol. The van der Waals surface area contributed by atoms with Gasteiger partial charge in [-0.25, -0.2) is 66.2 Å². The number of amides is 1. The number of rotatable bonds is 11. The quantitative estimate of drug-likeness (QED) is 0.0596. The molecule has 0 unspecified atom stereocenters. The van der Waals surface area contributed by atoms with E-state index < -0.39 is 57.7 Å². The highest BCUT2D eigenvalue weighted by molar-refractivity contribution is 6.30. The Kier molecular flexibility index (Phi) is 20.5. The molecule has 2 fully saturated rings. The Morgan fingerprint density at radius 1 is 0.580 bits per heavy atom. The topological polar surface area (TPSA) is 254 Å². The van der Waals surface area contributed by atoms with Crippen LogP contribution in [-0.2, 0) is 20.4 Å². The van der Waals surface area contributed by atoms with Crippen LogP contribution in [0.2, 0.25) is 10.3 Å². The van der Waals surface area contributed by atoms with Crippen LogP contribution in [0.1, 0.15) is 58.1 Å². The van der Waals surface area contributed by atoms with E-state index in [1.807, 2.05) is 0 Å². The highest BCUT2D eigenvalue weighted by Crippen LogP contribution is 2.56. The van der Waals surface area contributed by atoms with Crippen molar-refractivity contribution >= 4 is 46.7 Å². The van der Waals surface area contributed by atoms with Gasteiger partial charge in [-0.2, -0.15) is 0 Å². The number of anilines is 2. The van der Waals surface area contributed by atoms with Crippen molar-refractivity contribution in [3.63, 3.8) is 0 Å². The number of benzene rings is 2. The molecular formula is C56H52Cl2F6N10O7. The standard InChI is InChI=1S/C22H20F2N4O3.C17H17FN2O3.C6H5ClFN.C6H7FN2.C5H3ClFNO/c1-12-19(10-25-13(2)27-12)31-11-22(14-4-3-5-15(23)6-14)8-17(22)21(30)28-20-18(29)7-16(24)9-26-20;1-10-15(8-19-11(2)20-10)23-9-17(7-14(17)16(21)22)12-4-3-5-13(18)6-12;1-4-2-5(8)3-9-6(4)7;1-4-2-5(7)3-9-6(4)8;6-5-4(9)1-3(7)2-8-5/h3-7,9-10,17,29H,8,11H2,1-2H3,(H,26,28,30);3-6,8,14H,7,9H2,1-2H3,(H,21,22);2-3H,1H3;2-3H,1H3,(H2,8,9);1-2,9H/t17-,22+;14-,17+;;;/m00.../s1. The zero-order valence-corrected chi connectivity index (χ0v) is 45.5. The van der Waals surface area contributed by atoms with E-state index in [0.29, 0.717) is 80.6 Å². The average Bonchev–Trinajstić information content (AvgIpc) is 4.12. The number of aryl methyl sites for hydroxylation is 6. The van der Waals surface area contributed by atoms with E-state index in [0.717, 1.165) is 36.9 Å². The van der Waals surface area contributed by atoms with E-state index in [1.165, 1.54) is 36.4 Å². The second-order valence-corrected chi connectivity index (χ2v) is 19.3. The van der Waals surface area contributed by atoms with Crippen molar-refractivity contribution in [1.82, 2.24) is 39.9 Å². The molecule has 8 aromatic rings. The molecule has 0 saturated heterocycles. The summed E-state index contributed by atoms with van der Waals surface area (Å²) in [4.78, 5) is 55.2. The summed E-state index contributed by atoms with van der Waals surface area (Å²) in [6.07, 6.45) is 7.99. The number of halogens is 8. The maximum atomic E-state index is 13.9. The normalized spacial score (nSPS) is 17.2. The Morgan fingerprint density at radius 2 is 1.02 bits per heavy atom. The first-order chi connectivity index (χ1) is 38.3. The molecule has 0 aliphatic heterocycles. The first-order valence-electron chi connectivity index (χ1n) is 24.2. The number of nitrogens with two attached hydrogens (primary N) is 1. The number of aliphatic carboxylic acids is 1. The first kappa shape index (κ1) is 61.5. The van der Waals surface area contributed by atoms with Gasteiger partial charge in [-0.3, -0.25) is 9.59 Å². The second-order valence-electron chi connectivity index (χ2n) is 18.6. The van der Waals surface area contributed by atoms with Crippen molar-refractivity contribution in [2.24, 2.45) is 11.8 Å². The van der Waals surface area contributed by atoms with Crippen molar-refractivity contribution in [3.05, 3.63) is 200 Å². The maximum absolute atomic E-state index is 13.9. The highest BCUT2D eigenvalue weighted by Gasteiger charge is 2.61. The molecule has 1 amide bonds. The number of carbonyl (C=O) groups is 2. The lowest BCUT2D eigenvalue weighted by molar-refractivity contribution is -0.139. The molecule has 6 heterocycles. The summed E-state index contributed by atoms with van der Waals surface area (Å²) >= 11 is 10.8. The fourth-order valence-corrected chi connectivity index (χ4v) is 8.26. The Morgan fingerprint density at radius 3 is 1.43 bits per heavy atom. The molecule has 10 rings (SSSR count). The third-order valence-corrected chi connectivity index (χ3v) is 13.3. The highest BCUT2D eigenvalue weighted by atomic mass is 35.5. The number of nitrogen functional groups attached to an aromatic ring is 1. The number of carboxylic acid groups (broad SMARTS) is 1. The zero-order valence-electron chi connectivity index (χ0n) is 44.0. The number of nitrogens with zero attached hydrogens (tertiary/aromatic N) is 8. The van der Waals surface area contributed by atoms with Gasteiger partial charge in [0.2, 0.25) is 5.91 Å². The Bertz CT molecular complexity index is 3440. The van der Waals surface area contributed by atoms with Gasteiger partial charge in [-0.15, -0.1) is 0 Å². The third-order valence-electron chi connectivity index (χ3n) is 12.6. The molecule has 25 heteroatoms. The van der Waals surface area contributed by atoms with E-state index in [9.17, 15) is 46.1 Å². The molecule has 17 nitrogen and oxygen atoms in total. The second kappa shape index (κ2) is 27.0. The largest absolute Gasteiger partial charge is 0.505 e. The monoisotopic (exact) mass is 1160 g/mol. The molecule has 6 N–H and O–H groups in total. The van der Waals surface area contributed by atoms with Crippen LogP contribution in [0.5, 0.6) is 23.0 Å². The minimum Gasteiger partial charge on any atom is -0.505 e. The summed E-state index contributed by atoms with van der Waals surface area (Å²) in [5.41, 5.74) is 7.79. The number of aromatic nitrogens is 8. The lowest BCUT2D eigenvalue weighted by atomic mass is 9.93. The van der Waals surface area contributed by atoms with Crippen LogP contribution >= 0.6 is 23.2 Å².